The van der Waals surface area contributed by atoms with Crippen LogP contribution in [0.3, 0.4) is 0 Å². The predicted molar refractivity (Wildman–Crippen MR) is 36.5 cm³/mol. The van der Waals surface area contributed by atoms with Crippen molar-refractivity contribution in [3.63, 3.8) is 0 Å². The summed E-state index contributed by atoms with van der Waals surface area (Å²) in [7, 11) is 0. The van der Waals surface area contributed by atoms with Gasteiger partial charge in [0.2, 0.25) is 0 Å². The van der Waals surface area contributed by atoms with E-state index < -0.39 is 0 Å². The highest BCUT2D eigenvalue weighted by molar-refractivity contribution is 7.94. The number of allylic oxidation sites excluding steroid dienone is 2. The van der Waals surface area contributed by atoms with Crippen molar-refractivity contribution in [3.05, 3.63) is 11.8 Å². The maximum absolute atomic E-state index is 5.18. The topological polar surface area (TPSA) is 9.23 Å². The minimum Gasteiger partial charge on any atom is -0.431 e. The van der Waals surface area contributed by atoms with Gasteiger partial charge in [0.25, 0.3) is 0 Å². The summed E-state index contributed by atoms with van der Waals surface area (Å²) in [5.41, 5.74) is 0. The van der Waals surface area contributed by atoms with Crippen LogP contribution in [-0.4, -0.2) is 6.26 Å². The summed E-state index contributed by atoms with van der Waals surface area (Å²) in [5, 5.41) is 0. The van der Waals surface area contributed by atoms with Crippen LogP contribution in [0.5, 0.6) is 0 Å². The van der Waals surface area contributed by atoms with Crippen LogP contribution in [0.25, 0.3) is 0 Å². The van der Waals surface area contributed by atoms with Gasteiger partial charge in [-0.3, -0.25) is 0 Å². The van der Waals surface area contributed by atoms with Crippen molar-refractivity contribution < 1.29 is 4.18 Å². The fourth-order valence-electron chi connectivity index (χ4n) is 0.824. The van der Waals surface area contributed by atoms with Crippen molar-refractivity contribution in [3.8, 4) is 0 Å². The Balaban J connectivity index is 2.23. The lowest BCUT2D eigenvalue weighted by Crippen LogP contribution is -1.75. The first-order chi connectivity index (χ1) is 3.93. The second-order valence-electron chi connectivity index (χ2n) is 1.81. The molecule has 0 heterocycles. The van der Waals surface area contributed by atoms with Crippen LogP contribution < -0.4 is 0 Å². The van der Waals surface area contributed by atoms with Crippen LogP contribution in [0, 0.1) is 0 Å². The highest BCUT2D eigenvalue weighted by Gasteiger charge is 2.03. The standard InChI is InChI=1S/C6H10OS/c1-8-7-6-4-2-3-5-6/h4H,2-3,5H2,1H3. The van der Waals surface area contributed by atoms with Gasteiger partial charge in [-0.25, -0.2) is 0 Å². The van der Waals surface area contributed by atoms with Gasteiger partial charge in [-0.15, -0.1) is 0 Å². The number of rotatable bonds is 2. The molecule has 0 saturated heterocycles. The second-order valence-corrected chi connectivity index (χ2v) is 2.31. The Morgan fingerprint density at radius 3 is 3.12 bits per heavy atom. The van der Waals surface area contributed by atoms with Crippen molar-refractivity contribution >= 4 is 12.0 Å². The zero-order valence-corrected chi connectivity index (χ0v) is 5.83. The molecule has 0 radical (unpaired) electrons. The monoisotopic (exact) mass is 130 g/mol. The van der Waals surface area contributed by atoms with E-state index >= 15 is 0 Å². The summed E-state index contributed by atoms with van der Waals surface area (Å²) in [6, 6.07) is 0. The van der Waals surface area contributed by atoms with E-state index in [1.165, 1.54) is 24.9 Å². The molecule has 1 aliphatic carbocycles. The average molecular weight is 130 g/mol. The maximum Gasteiger partial charge on any atom is 0.110 e. The Bertz CT molecular complexity index is 98.7. The van der Waals surface area contributed by atoms with E-state index in [9.17, 15) is 0 Å². The van der Waals surface area contributed by atoms with Crippen LogP contribution in [-0.2, 0) is 4.18 Å². The Hall–Kier alpha value is -0.110. The summed E-state index contributed by atoms with van der Waals surface area (Å²) in [5.74, 6) is 1.16. The first kappa shape index (κ1) is 6.02. The lowest BCUT2D eigenvalue weighted by Gasteiger charge is -1.97. The molecule has 0 aliphatic heterocycles. The lowest BCUT2D eigenvalue weighted by molar-refractivity contribution is 0.482. The molecule has 0 aromatic heterocycles. The molecule has 0 aromatic rings. The van der Waals surface area contributed by atoms with Gasteiger partial charge in [-0.05, 0) is 18.9 Å². The van der Waals surface area contributed by atoms with Gasteiger partial charge < -0.3 is 4.18 Å². The maximum atomic E-state index is 5.18. The third-order valence-corrected chi connectivity index (χ3v) is 1.57. The van der Waals surface area contributed by atoms with E-state index in [-0.39, 0.29) is 0 Å². The van der Waals surface area contributed by atoms with Crippen molar-refractivity contribution in [1.29, 1.82) is 0 Å². The molecule has 0 amide bonds. The van der Waals surface area contributed by atoms with Crippen LogP contribution in [0.2, 0.25) is 0 Å². The molecule has 0 unspecified atom stereocenters. The quantitative estimate of drug-likeness (QED) is 0.531. The zero-order chi connectivity index (χ0) is 5.82. The second kappa shape index (κ2) is 3.02. The predicted octanol–water partition coefficient (Wildman–Crippen LogP) is 2.35. The Kier molecular flexibility index (Phi) is 2.27. The van der Waals surface area contributed by atoms with E-state index in [0.29, 0.717) is 0 Å². The summed E-state index contributed by atoms with van der Waals surface area (Å²) in [6.07, 6.45) is 7.72. The molecule has 0 bridgehead atoms. The molecule has 1 nitrogen and oxygen atoms in total. The summed E-state index contributed by atoms with van der Waals surface area (Å²) >= 11 is 1.43. The molecular weight excluding hydrogens is 120 g/mol. The van der Waals surface area contributed by atoms with Gasteiger partial charge in [0.15, 0.2) is 0 Å². The third-order valence-electron chi connectivity index (χ3n) is 1.19. The Morgan fingerprint density at radius 2 is 2.62 bits per heavy atom. The molecule has 2 heteroatoms. The highest BCUT2D eigenvalue weighted by atomic mass is 32.2. The van der Waals surface area contributed by atoms with Crippen molar-refractivity contribution in [2.75, 3.05) is 6.26 Å². The third kappa shape index (κ3) is 1.44. The number of hydrogen-bond acceptors (Lipinski definition) is 2. The zero-order valence-electron chi connectivity index (χ0n) is 5.02. The normalized spacial score (nSPS) is 18.4. The van der Waals surface area contributed by atoms with Gasteiger partial charge in [0.1, 0.15) is 5.76 Å². The van der Waals surface area contributed by atoms with E-state index in [1.807, 2.05) is 6.26 Å². The molecule has 1 aliphatic rings. The molecule has 0 fully saturated rings. The molecular formula is C6H10OS. The molecule has 8 heavy (non-hydrogen) atoms. The Labute approximate surface area is 54.3 Å². The van der Waals surface area contributed by atoms with Crippen LogP contribution in [0.1, 0.15) is 19.3 Å². The van der Waals surface area contributed by atoms with Gasteiger partial charge >= 0.3 is 0 Å². The summed E-state index contributed by atoms with van der Waals surface area (Å²) in [6.45, 7) is 0. The molecule has 0 N–H and O–H groups in total. The Morgan fingerprint density at radius 1 is 1.75 bits per heavy atom. The molecule has 0 atom stereocenters. The highest BCUT2D eigenvalue weighted by Crippen LogP contribution is 2.21. The molecule has 1 rings (SSSR count). The molecule has 0 aromatic carbocycles. The molecule has 46 valence electrons. The van der Waals surface area contributed by atoms with E-state index in [0.717, 1.165) is 12.2 Å². The fourth-order valence-corrected chi connectivity index (χ4v) is 1.19. The molecule has 0 saturated carbocycles. The summed E-state index contributed by atoms with van der Waals surface area (Å²) < 4.78 is 5.18. The van der Waals surface area contributed by atoms with Gasteiger partial charge in [-0.2, -0.15) is 0 Å². The average Bonchev–Trinajstić information content (AvgIpc) is 2.19. The van der Waals surface area contributed by atoms with Crippen molar-refractivity contribution in [2.45, 2.75) is 19.3 Å². The van der Waals surface area contributed by atoms with Crippen molar-refractivity contribution in [1.82, 2.24) is 0 Å². The first-order valence-corrected chi connectivity index (χ1v) is 3.98. The minimum atomic E-state index is 1.14. The van der Waals surface area contributed by atoms with Gasteiger partial charge in [0.05, 0.1) is 12.0 Å². The largest absolute Gasteiger partial charge is 0.431 e. The number of hydrogen-bond donors (Lipinski definition) is 0. The van der Waals surface area contributed by atoms with Crippen LogP contribution in [0.15, 0.2) is 11.8 Å². The SMILES string of the molecule is CSOC1=CCCC1. The van der Waals surface area contributed by atoms with E-state index in [1.54, 1.807) is 0 Å². The van der Waals surface area contributed by atoms with Gasteiger partial charge in [0, 0.05) is 12.7 Å². The lowest BCUT2D eigenvalue weighted by atomic mass is 10.4. The first-order valence-electron chi connectivity index (χ1n) is 2.83. The van der Waals surface area contributed by atoms with Crippen molar-refractivity contribution in [2.24, 2.45) is 0 Å². The van der Waals surface area contributed by atoms with Crippen LogP contribution >= 0.6 is 12.0 Å². The fraction of sp³-hybridized carbons (Fsp3) is 0.667. The van der Waals surface area contributed by atoms with E-state index in [2.05, 4.69) is 6.08 Å². The summed E-state index contributed by atoms with van der Waals surface area (Å²) in [4.78, 5) is 0. The van der Waals surface area contributed by atoms with Crippen LogP contribution in [0.4, 0.5) is 0 Å². The molecule has 0 spiro atoms. The van der Waals surface area contributed by atoms with Gasteiger partial charge in [-0.1, -0.05) is 0 Å². The minimum absolute atomic E-state index is 1.14. The smallest absolute Gasteiger partial charge is 0.110 e. The van der Waals surface area contributed by atoms with E-state index in [4.69, 9.17) is 4.18 Å².